The van der Waals surface area contributed by atoms with Crippen LogP contribution in [-0.4, -0.2) is 101 Å². The number of rotatable bonds is 12. The summed E-state index contributed by atoms with van der Waals surface area (Å²) in [5.41, 5.74) is 0. The van der Waals surface area contributed by atoms with Crippen LogP contribution in [0.25, 0.3) is 0 Å². The second-order valence-corrected chi connectivity index (χ2v) is 6.99. The summed E-state index contributed by atoms with van der Waals surface area (Å²) in [5, 5.41) is 0. The molecule has 2 aliphatic heterocycles. The number of hydrogen-bond donors (Lipinski definition) is 0. The lowest BCUT2D eigenvalue weighted by atomic mass is 10.2. The van der Waals surface area contributed by atoms with Gasteiger partial charge in [0.15, 0.2) is 0 Å². The van der Waals surface area contributed by atoms with Crippen molar-refractivity contribution in [2.75, 3.05) is 78.9 Å². The monoisotopic (exact) mass is 398 g/mol. The average molecular weight is 399 g/mol. The molecule has 2 heterocycles. The van der Waals surface area contributed by atoms with E-state index in [1.165, 1.54) is 0 Å². The Balaban J connectivity index is 1.40. The minimum Gasteiger partial charge on any atom is -0.463 e. The fourth-order valence-electron chi connectivity index (χ4n) is 3.13. The predicted molar refractivity (Wildman–Crippen MR) is 104 cm³/mol. The van der Waals surface area contributed by atoms with Crippen LogP contribution in [0, 0.1) is 0 Å². The zero-order chi connectivity index (χ0) is 19.9. The van der Waals surface area contributed by atoms with Crippen molar-refractivity contribution >= 4 is 11.9 Å². The lowest BCUT2D eigenvalue weighted by Gasteiger charge is -2.26. The molecular formula is C20H34N2O6. The fraction of sp³-hybridized carbons (Fsp3) is 0.800. The van der Waals surface area contributed by atoms with E-state index in [-0.39, 0.29) is 0 Å². The molecule has 8 heteroatoms. The van der Waals surface area contributed by atoms with Crippen LogP contribution in [0.15, 0.2) is 12.2 Å². The Morgan fingerprint density at radius 1 is 0.679 bits per heavy atom. The van der Waals surface area contributed by atoms with Crippen LogP contribution in [0.3, 0.4) is 0 Å². The van der Waals surface area contributed by atoms with Crippen molar-refractivity contribution in [3.8, 4) is 0 Å². The number of hydrogen-bond acceptors (Lipinski definition) is 8. The van der Waals surface area contributed by atoms with Crippen LogP contribution in [0.5, 0.6) is 0 Å². The van der Waals surface area contributed by atoms with Crippen molar-refractivity contribution in [1.29, 1.82) is 0 Å². The van der Waals surface area contributed by atoms with Gasteiger partial charge in [-0.3, -0.25) is 9.80 Å². The summed E-state index contributed by atoms with van der Waals surface area (Å²) in [6, 6.07) is 0. The van der Waals surface area contributed by atoms with Gasteiger partial charge in [0.2, 0.25) is 0 Å². The minimum absolute atomic E-state index is 0.346. The molecule has 0 radical (unpaired) electrons. The van der Waals surface area contributed by atoms with E-state index in [0.717, 1.165) is 104 Å². The van der Waals surface area contributed by atoms with E-state index in [1.807, 2.05) is 0 Å². The molecule has 2 rings (SSSR count). The zero-order valence-corrected chi connectivity index (χ0v) is 16.8. The minimum atomic E-state index is -0.510. The van der Waals surface area contributed by atoms with Gasteiger partial charge >= 0.3 is 11.9 Å². The quantitative estimate of drug-likeness (QED) is 0.272. The highest BCUT2D eigenvalue weighted by atomic mass is 16.5. The molecule has 0 aromatic heterocycles. The van der Waals surface area contributed by atoms with Crippen LogP contribution in [-0.2, 0) is 28.5 Å². The molecule has 0 spiro atoms. The van der Waals surface area contributed by atoms with E-state index >= 15 is 0 Å². The molecule has 0 aromatic carbocycles. The first-order valence-corrected chi connectivity index (χ1v) is 10.4. The van der Waals surface area contributed by atoms with Gasteiger partial charge in [0, 0.05) is 44.9 Å². The van der Waals surface area contributed by atoms with Gasteiger partial charge in [-0.1, -0.05) is 0 Å². The van der Waals surface area contributed by atoms with E-state index < -0.39 is 11.9 Å². The molecule has 2 aliphatic rings. The average Bonchev–Trinajstić information content (AvgIpc) is 2.73. The van der Waals surface area contributed by atoms with E-state index in [2.05, 4.69) is 9.80 Å². The van der Waals surface area contributed by atoms with Gasteiger partial charge in [-0.2, -0.15) is 0 Å². The maximum absolute atomic E-state index is 11.6. The van der Waals surface area contributed by atoms with Crippen molar-refractivity contribution < 1.29 is 28.5 Å². The third-order valence-corrected chi connectivity index (χ3v) is 4.79. The third kappa shape index (κ3) is 10.8. The maximum Gasteiger partial charge on any atom is 0.331 e. The standard InChI is InChI=1S/C20H34N2O6/c23-19(27-13-3-1-2-7-21-9-15-25-16-10-21)5-6-20(24)28-14-4-8-22-11-17-26-18-12-22/h5-6H,1-4,7-18H2. The molecular weight excluding hydrogens is 364 g/mol. The Labute approximate surface area is 167 Å². The molecule has 0 bridgehead atoms. The number of unbranched alkanes of at least 4 members (excludes halogenated alkanes) is 2. The van der Waals surface area contributed by atoms with Crippen LogP contribution < -0.4 is 0 Å². The van der Waals surface area contributed by atoms with Gasteiger partial charge in [-0.25, -0.2) is 9.59 Å². The summed E-state index contributed by atoms with van der Waals surface area (Å²) in [7, 11) is 0. The van der Waals surface area contributed by atoms with Crippen LogP contribution in [0.1, 0.15) is 25.7 Å². The zero-order valence-electron chi connectivity index (χ0n) is 16.8. The summed E-state index contributed by atoms with van der Waals surface area (Å²) in [4.78, 5) is 27.9. The largest absolute Gasteiger partial charge is 0.463 e. The summed E-state index contributed by atoms with van der Waals surface area (Å²) >= 11 is 0. The highest BCUT2D eigenvalue weighted by Gasteiger charge is 2.10. The number of carbonyl (C=O) groups excluding carboxylic acids is 2. The summed E-state index contributed by atoms with van der Waals surface area (Å²) < 4.78 is 20.8. The molecule has 0 amide bonds. The molecule has 28 heavy (non-hydrogen) atoms. The van der Waals surface area contributed by atoms with Gasteiger partial charge in [0.05, 0.1) is 39.6 Å². The van der Waals surface area contributed by atoms with E-state index in [1.54, 1.807) is 0 Å². The van der Waals surface area contributed by atoms with Crippen molar-refractivity contribution in [2.45, 2.75) is 25.7 Å². The van der Waals surface area contributed by atoms with Crippen molar-refractivity contribution in [2.24, 2.45) is 0 Å². The van der Waals surface area contributed by atoms with Crippen LogP contribution in [0.4, 0.5) is 0 Å². The van der Waals surface area contributed by atoms with E-state index in [0.29, 0.717) is 13.2 Å². The van der Waals surface area contributed by atoms with Crippen molar-refractivity contribution in [3.63, 3.8) is 0 Å². The number of ether oxygens (including phenoxy) is 4. The number of esters is 2. The smallest absolute Gasteiger partial charge is 0.331 e. The SMILES string of the molecule is O=C(C=CC(=O)OCCCN1CCOCC1)OCCCCCN1CCOCC1. The number of morpholine rings is 2. The molecule has 0 saturated carbocycles. The Morgan fingerprint density at radius 2 is 1.14 bits per heavy atom. The first kappa shape index (κ1) is 22.8. The molecule has 8 nitrogen and oxygen atoms in total. The van der Waals surface area contributed by atoms with Gasteiger partial charge in [0.25, 0.3) is 0 Å². The lowest BCUT2D eigenvalue weighted by molar-refractivity contribution is -0.140. The molecule has 0 aromatic rings. The third-order valence-electron chi connectivity index (χ3n) is 4.79. The topological polar surface area (TPSA) is 77.5 Å². The molecule has 160 valence electrons. The van der Waals surface area contributed by atoms with Crippen LogP contribution in [0.2, 0.25) is 0 Å². The Hall–Kier alpha value is -1.48. The predicted octanol–water partition coefficient (Wildman–Crippen LogP) is 0.854. The van der Waals surface area contributed by atoms with Gasteiger partial charge in [0.1, 0.15) is 0 Å². The van der Waals surface area contributed by atoms with E-state index in [9.17, 15) is 9.59 Å². The van der Waals surface area contributed by atoms with Crippen molar-refractivity contribution in [3.05, 3.63) is 12.2 Å². The summed E-state index contributed by atoms with van der Waals surface area (Å²) in [6.07, 6.45) is 5.97. The second kappa shape index (κ2) is 14.5. The Morgan fingerprint density at radius 3 is 1.68 bits per heavy atom. The second-order valence-electron chi connectivity index (χ2n) is 6.99. The fourth-order valence-corrected chi connectivity index (χ4v) is 3.13. The molecule has 0 atom stereocenters. The molecule has 0 aliphatic carbocycles. The summed E-state index contributed by atoms with van der Waals surface area (Å²) in [5.74, 6) is -1.01. The summed E-state index contributed by atoms with van der Waals surface area (Å²) in [6.45, 7) is 9.69. The maximum atomic E-state index is 11.6. The molecule has 2 fully saturated rings. The Bertz CT molecular complexity index is 473. The molecule has 0 N–H and O–H groups in total. The molecule has 2 saturated heterocycles. The lowest BCUT2D eigenvalue weighted by Crippen LogP contribution is -2.37. The number of carbonyl (C=O) groups is 2. The van der Waals surface area contributed by atoms with Gasteiger partial charge in [-0.05, 0) is 32.2 Å². The van der Waals surface area contributed by atoms with Crippen molar-refractivity contribution in [1.82, 2.24) is 9.80 Å². The van der Waals surface area contributed by atoms with Crippen LogP contribution >= 0.6 is 0 Å². The number of nitrogens with zero attached hydrogens (tertiary/aromatic N) is 2. The Kier molecular flexibility index (Phi) is 11.8. The normalized spacial score (nSPS) is 19.0. The van der Waals surface area contributed by atoms with Gasteiger partial charge in [-0.15, -0.1) is 0 Å². The van der Waals surface area contributed by atoms with E-state index in [4.69, 9.17) is 18.9 Å². The first-order valence-electron chi connectivity index (χ1n) is 10.4. The highest BCUT2D eigenvalue weighted by Crippen LogP contribution is 2.03. The highest BCUT2D eigenvalue weighted by molar-refractivity contribution is 5.91. The van der Waals surface area contributed by atoms with Gasteiger partial charge < -0.3 is 18.9 Å². The first-order chi connectivity index (χ1) is 13.7. The molecule has 0 unspecified atom stereocenters.